The van der Waals surface area contributed by atoms with Gasteiger partial charge in [0, 0.05) is 17.6 Å². The number of carbonyl (C=O) groups excluding carboxylic acids is 2. The van der Waals surface area contributed by atoms with Gasteiger partial charge in [-0.05, 0) is 86.0 Å². The molecule has 0 bridgehead atoms. The fourth-order valence-electron chi connectivity index (χ4n) is 4.00. The van der Waals surface area contributed by atoms with Gasteiger partial charge in [-0.2, -0.15) is 0 Å². The van der Waals surface area contributed by atoms with Crippen LogP contribution in [0.1, 0.15) is 33.3 Å². The molecule has 1 N–H and O–H groups in total. The summed E-state index contributed by atoms with van der Waals surface area (Å²) in [5.74, 6) is -0.808. The maximum atomic E-state index is 13.9. The predicted molar refractivity (Wildman–Crippen MR) is 161 cm³/mol. The molecule has 0 aliphatic heterocycles. The minimum Gasteiger partial charge on any atom is -0.494 e. The van der Waals surface area contributed by atoms with E-state index in [9.17, 15) is 22.4 Å². The molecule has 0 radical (unpaired) electrons. The Morgan fingerprint density at radius 1 is 1.00 bits per heavy atom. The standard InChI is InChI=1S/C30H35BrFN3O5S/c1-5-40-27-13-15-28(16-14-27)41(38,39)35(26-11-9-25(32)10-12-26)20-29(36)34(19-23-7-6-8-24(31)17-23)22(4)30(37)33-18-21(2)3/h6-17,21-22H,5,18-20H2,1-4H3,(H,33,37)/t22-/m0/s1. The van der Waals surface area contributed by atoms with Gasteiger partial charge >= 0.3 is 0 Å². The van der Waals surface area contributed by atoms with Gasteiger partial charge in [0.2, 0.25) is 11.8 Å². The Morgan fingerprint density at radius 3 is 2.24 bits per heavy atom. The molecular weight excluding hydrogens is 613 g/mol. The Kier molecular flexibility index (Phi) is 11.3. The third kappa shape index (κ3) is 8.77. The summed E-state index contributed by atoms with van der Waals surface area (Å²) < 4.78 is 48.6. The van der Waals surface area contributed by atoms with Crippen LogP contribution in [0.15, 0.2) is 82.2 Å². The number of anilines is 1. The van der Waals surface area contributed by atoms with E-state index in [-0.39, 0.29) is 29.0 Å². The van der Waals surface area contributed by atoms with E-state index in [1.165, 1.54) is 41.3 Å². The Balaban J connectivity index is 2.00. The molecule has 1 atom stereocenters. The largest absolute Gasteiger partial charge is 0.494 e. The van der Waals surface area contributed by atoms with Crippen molar-refractivity contribution in [3.05, 3.63) is 88.6 Å². The van der Waals surface area contributed by atoms with Crippen molar-refractivity contribution in [2.75, 3.05) is 24.0 Å². The van der Waals surface area contributed by atoms with Crippen LogP contribution in [0.25, 0.3) is 0 Å². The second-order valence-electron chi connectivity index (χ2n) is 9.86. The molecule has 0 heterocycles. The van der Waals surface area contributed by atoms with Crippen LogP contribution in [0.5, 0.6) is 5.75 Å². The van der Waals surface area contributed by atoms with E-state index in [0.29, 0.717) is 18.9 Å². The molecule has 0 saturated heterocycles. The zero-order valence-corrected chi connectivity index (χ0v) is 25.9. The Labute approximate surface area is 249 Å². The number of nitrogens with zero attached hydrogens (tertiary/aromatic N) is 2. The third-order valence-corrected chi connectivity index (χ3v) is 8.49. The van der Waals surface area contributed by atoms with Crippen molar-refractivity contribution in [2.24, 2.45) is 5.92 Å². The molecule has 0 aliphatic rings. The Bertz CT molecular complexity index is 1430. The minimum atomic E-state index is -4.27. The lowest BCUT2D eigenvalue weighted by molar-refractivity contribution is -0.139. The van der Waals surface area contributed by atoms with Gasteiger partial charge in [0.05, 0.1) is 17.2 Å². The summed E-state index contributed by atoms with van der Waals surface area (Å²) in [6.07, 6.45) is 0. The molecular formula is C30H35BrFN3O5S. The summed E-state index contributed by atoms with van der Waals surface area (Å²) in [6, 6.07) is 17.1. The van der Waals surface area contributed by atoms with E-state index < -0.39 is 34.3 Å². The highest BCUT2D eigenvalue weighted by atomic mass is 79.9. The highest BCUT2D eigenvalue weighted by Crippen LogP contribution is 2.26. The number of amides is 2. The monoisotopic (exact) mass is 647 g/mol. The lowest BCUT2D eigenvalue weighted by Gasteiger charge is -2.32. The fraction of sp³-hybridized carbons (Fsp3) is 0.333. The van der Waals surface area contributed by atoms with E-state index >= 15 is 0 Å². The van der Waals surface area contributed by atoms with Gasteiger partial charge in [0.25, 0.3) is 10.0 Å². The summed E-state index contributed by atoms with van der Waals surface area (Å²) in [5, 5.41) is 2.85. The van der Waals surface area contributed by atoms with Crippen LogP contribution in [0.2, 0.25) is 0 Å². The molecule has 0 aliphatic carbocycles. The number of rotatable bonds is 13. The van der Waals surface area contributed by atoms with Crippen LogP contribution in [-0.4, -0.2) is 50.9 Å². The molecule has 41 heavy (non-hydrogen) atoms. The number of nitrogens with one attached hydrogen (secondary N) is 1. The lowest BCUT2D eigenvalue weighted by atomic mass is 10.1. The highest BCUT2D eigenvalue weighted by molar-refractivity contribution is 9.10. The summed E-state index contributed by atoms with van der Waals surface area (Å²) in [4.78, 5) is 28.2. The average molecular weight is 649 g/mol. The van der Waals surface area contributed by atoms with Crippen molar-refractivity contribution in [2.45, 2.75) is 45.2 Å². The van der Waals surface area contributed by atoms with Crippen LogP contribution < -0.4 is 14.4 Å². The van der Waals surface area contributed by atoms with Crippen LogP contribution in [0.3, 0.4) is 0 Å². The number of hydrogen-bond acceptors (Lipinski definition) is 5. The van der Waals surface area contributed by atoms with E-state index in [2.05, 4.69) is 21.2 Å². The zero-order valence-electron chi connectivity index (χ0n) is 23.5. The fourth-order valence-corrected chi connectivity index (χ4v) is 5.87. The minimum absolute atomic E-state index is 0.0644. The predicted octanol–water partition coefficient (Wildman–Crippen LogP) is 5.37. The van der Waals surface area contributed by atoms with E-state index in [4.69, 9.17) is 4.74 Å². The molecule has 0 aromatic heterocycles. The molecule has 0 fully saturated rings. The number of halogens is 2. The SMILES string of the molecule is CCOc1ccc(S(=O)(=O)N(CC(=O)N(Cc2cccc(Br)c2)[C@@H](C)C(=O)NCC(C)C)c2ccc(F)cc2)cc1. The first-order valence-corrected chi connectivity index (χ1v) is 15.5. The number of carbonyl (C=O) groups is 2. The second-order valence-corrected chi connectivity index (χ2v) is 12.6. The molecule has 0 unspecified atom stereocenters. The topological polar surface area (TPSA) is 96.0 Å². The third-order valence-electron chi connectivity index (χ3n) is 6.21. The van der Waals surface area contributed by atoms with Crippen LogP contribution in [-0.2, 0) is 26.2 Å². The number of sulfonamides is 1. The number of ether oxygens (including phenoxy) is 1. The molecule has 220 valence electrons. The van der Waals surface area contributed by atoms with Crippen LogP contribution in [0, 0.1) is 11.7 Å². The summed E-state index contributed by atoms with van der Waals surface area (Å²) in [7, 11) is -4.27. The van der Waals surface area contributed by atoms with Gasteiger partial charge in [0.15, 0.2) is 0 Å². The van der Waals surface area contributed by atoms with Gasteiger partial charge < -0.3 is 15.0 Å². The summed E-state index contributed by atoms with van der Waals surface area (Å²) in [6.45, 7) is 7.63. The van der Waals surface area contributed by atoms with Crippen molar-refractivity contribution >= 4 is 43.5 Å². The molecule has 11 heteroatoms. The molecule has 3 aromatic carbocycles. The average Bonchev–Trinajstić information content (AvgIpc) is 2.94. The normalized spacial score (nSPS) is 12.1. The molecule has 8 nitrogen and oxygen atoms in total. The molecule has 0 saturated carbocycles. The molecule has 0 spiro atoms. The first kappa shape index (κ1) is 32.1. The first-order valence-electron chi connectivity index (χ1n) is 13.2. The van der Waals surface area contributed by atoms with Crippen molar-refractivity contribution < 1.29 is 27.1 Å². The van der Waals surface area contributed by atoms with E-state index in [1.807, 2.05) is 45.0 Å². The lowest BCUT2D eigenvalue weighted by Crippen LogP contribution is -2.51. The van der Waals surface area contributed by atoms with Crippen LogP contribution >= 0.6 is 15.9 Å². The van der Waals surface area contributed by atoms with Gasteiger partial charge in [-0.3, -0.25) is 13.9 Å². The van der Waals surface area contributed by atoms with E-state index in [0.717, 1.165) is 26.5 Å². The summed E-state index contributed by atoms with van der Waals surface area (Å²) in [5.41, 5.74) is 0.854. The van der Waals surface area contributed by atoms with Gasteiger partial charge in [0.1, 0.15) is 24.2 Å². The van der Waals surface area contributed by atoms with Crippen molar-refractivity contribution in [3.8, 4) is 5.75 Å². The number of hydrogen-bond donors (Lipinski definition) is 1. The van der Waals surface area contributed by atoms with Crippen molar-refractivity contribution in [1.29, 1.82) is 0 Å². The molecule has 3 rings (SSSR count). The van der Waals surface area contributed by atoms with Crippen LogP contribution in [0.4, 0.5) is 10.1 Å². The van der Waals surface area contributed by atoms with E-state index in [1.54, 1.807) is 6.92 Å². The Morgan fingerprint density at radius 2 is 1.66 bits per heavy atom. The summed E-state index contributed by atoms with van der Waals surface area (Å²) >= 11 is 3.43. The maximum absolute atomic E-state index is 13.9. The van der Waals surface area contributed by atoms with Gasteiger partial charge in [-0.1, -0.05) is 41.9 Å². The number of benzene rings is 3. The van der Waals surface area contributed by atoms with Gasteiger partial charge in [-0.25, -0.2) is 12.8 Å². The second kappa shape index (κ2) is 14.5. The highest BCUT2D eigenvalue weighted by Gasteiger charge is 2.32. The quantitative estimate of drug-likeness (QED) is 0.269. The zero-order chi connectivity index (χ0) is 30.2. The van der Waals surface area contributed by atoms with Gasteiger partial charge in [-0.15, -0.1) is 0 Å². The van der Waals surface area contributed by atoms with Crippen molar-refractivity contribution in [3.63, 3.8) is 0 Å². The van der Waals surface area contributed by atoms with Crippen molar-refractivity contribution in [1.82, 2.24) is 10.2 Å². The first-order chi connectivity index (χ1) is 19.4. The smallest absolute Gasteiger partial charge is 0.264 e. The molecule has 2 amide bonds. The maximum Gasteiger partial charge on any atom is 0.264 e. The molecule has 3 aromatic rings. The Hall–Kier alpha value is -3.44.